The number of anilines is 1. The lowest BCUT2D eigenvalue weighted by molar-refractivity contribution is -0.124. The Hall–Kier alpha value is -3.73. The lowest BCUT2D eigenvalue weighted by atomic mass is 10.1. The summed E-state index contributed by atoms with van der Waals surface area (Å²) >= 11 is 3.33. The van der Waals surface area contributed by atoms with Crippen LogP contribution < -0.4 is 25.4 Å². The van der Waals surface area contributed by atoms with Gasteiger partial charge in [-0.1, -0.05) is 0 Å². The Morgan fingerprint density at radius 1 is 1.09 bits per heavy atom. The highest BCUT2D eigenvalue weighted by molar-refractivity contribution is 9.10. The molecule has 1 aliphatic heterocycles. The number of carbonyl (C=O) groups excluding carboxylic acids is 4. The van der Waals surface area contributed by atoms with Gasteiger partial charge >= 0.3 is 6.03 Å². The number of barbiturate groups is 1. The summed E-state index contributed by atoms with van der Waals surface area (Å²) < 4.78 is 24.5. The van der Waals surface area contributed by atoms with Crippen LogP contribution in [0.1, 0.15) is 12.5 Å². The highest BCUT2D eigenvalue weighted by Crippen LogP contribution is 2.37. The third-order valence-corrected chi connectivity index (χ3v) is 4.65. The molecule has 3 N–H and O–H groups in total. The quantitative estimate of drug-likeness (QED) is 0.392. The van der Waals surface area contributed by atoms with Crippen LogP contribution in [0.2, 0.25) is 0 Å². The van der Waals surface area contributed by atoms with Crippen LogP contribution in [0.25, 0.3) is 6.08 Å². The minimum absolute atomic E-state index is 0.232. The van der Waals surface area contributed by atoms with Gasteiger partial charge in [0.05, 0.1) is 11.1 Å². The van der Waals surface area contributed by atoms with Gasteiger partial charge in [-0.25, -0.2) is 9.18 Å². The maximum Gasteiger partial charge on any atom is 0.328 e. The zero-order valence-corrected chi connectivity index (χ0v) is 18.2. The fourth-order valence-corrected chi connectivity index (χ4v) is 3.29. The Morgan fingerprint density at radius 2 is 1.75 bits per heavy atom. The summed E-state index contributed by atoms with van der Waals surface area (Å²) in [4.78, 5) is 47.2. The molecule has 1 aliphatic rings. The number of imide groups is 2. The number of halogens is 2. The monoisotopic (exact) mass is 505 g/mol. The number of ether oxygens (including phenoxy) is 2. The third-order valence-electron chi connectivity index (χ3n) is 4.06. The van der Waals surface area contributed by atoms with E-state index in [1.807, 2.05) is 10.6 Å². The summed E-state index contributed by atoms with van der Waals surface area (Å²) in [6.07, 6.45) is 1.29. The van der Waals surface area contributed by atoms with E-state index >= 15 is 0 Å². The molecule has 5 amide bonds. The van der Waals surface area contributed by atoms with E-state index in [-0.39, 0.29) is 30.3 Å². The molecule has 0 radical (unpaired) electrons. The van der Waals surface area contributed by atoms with Gasteiger partial charge in [0, 0.05) is 5.69 Å². The number of amides is 5. The van der Waals surface area contributed by atoms with Gasteiger partial charge in [-0.05, 0) is 70.9 Å². The smallest absolute Gasteiger partial charge is 0.328 e. The van der Waals surface area contributed by atoms with Crippen LogP contribution in [0, 0.1) is 5.82 Å². The molecular formula is C21H17BrFN3O6. The Labute approximate surface area is 190 Å². The van der Waals surface area contributed by atoms with E-state index in [2.05, 4.69) is 21.2 Å². The molecule has 1 fully saturated rings. The second kappa shape index (κ2) is 10.1. The lowest BCUT2D eigenvalue weighted by Gasteiger charge is -2.16. The molecule has 2 aromatic carbocycles. The average Bonchev–Trinajstić information content (AvgIpc) is 2.72. The van der Waals surface area contributed by atoms with E-state index in [1.165, 1.54) is 36.4 Å². The Bertz CT molecular complexity index is 1100. The second-order valence-corrected chi connectivity index (χ2v) is 7.26. The van der Waals surface area contributed by atoms with Crippen molar-refractivity contribution in [3.05, 3.63) is 57.8 Å². The summed E-state index contributed by atoms with van der Waals surface area (Å²) in [5, 5.41) is 6.56. The zero-order valence-electron chi connectivity index (χ0n) is 16.7. The minimum Gasteiger partial charge on any atom is -0.490 e. The predicted molar refractivity (Wildman–Crippen MR) is 115 cm³/mol. The van der Waals surface area contributed by atoms with Crippen LogP contribution in [0.5, 0.6) is 11.5 Å². The third kappa shape index (κ3) is 5.70. The molecule has 1 saturated heterocycles. The molecule has 0 bridgehead atoms. The summed E-state index contributed by atoms with van der Waals surface area (Å²) in [7, 11) is 0. The molecule has 0 aliphatic carbocycles. The first kappa shape index (κ1) is 22.9. The molecule has 1 heterocycles. The van der Waals surface area contributed by atoms with Gasteiger partial charge in [-0.3, -0.25) is 25.0 Å². The van der Waals surface area contributed by atoms with Crippen LogP contribution in [-0.4, -0.2) is 37.0 Å². The van der Waals surface area contributed by atoms with E-state index in [0.717, 1.165) is 0 Å². The molecular weight excluding hydrogens is 489 g/mol. The van der Waals surface area contributed by atoms with Gasteiger partial charge in [0.25, 0.3) is 17.7 Å². The normalized spacial score (nSPS) is 13.2. The van der Waals surface area contributed by atoms with Crippen molar-refractivity contribution < 1.29 is 33.0 Å². The molecule has 3 rings (SSSR count). The molecule has 11 heteroatoms. The first-order valence-electron chi connectivity index (χ1n) is 9.29. The predicted octanol–water partition coefficient (Wildman–Crippen LogP) is 2.75. The minimum atomic E-state index is -0.893. The summed E-state index contributed by atoms with van der Waals surface area (Å²) in [6, 6.07) is 7.46. The maximum atomic E-state index is 13.0. The molecule has 9 nitrogen and oxygen atoms in total. The van der Waals surface area contributed by atoms with Crippen molar-refractivity contribution in [2.24, 2.45) is 0 Å². The van der Waals surface area contributed by atoms with Crippen LogP contribution in [-0.2, 0) is 14.4 Å². The zero-order chi connectivity index (χ0) is 23.3. The summed E-state index contributed by atoms with van der Waals surface area (Å²) in [5.74, 6) is -2.06. The molecule has 0 saturated carbocycles. The van der Waals surface area contributed by atoms with E-state index in [0.29, 0.717) is 15.7 Å². The van der Waals surface area contributed by atoms with E-state index < -0.39 is 29.6 Å². The van der Waals surface area contributed by atoms with E-state index in [9.17, 15) is 23.6 Å². The number of benzene rings is 2. The number of nitrogens with one attached hydrogen (secondary N) is 3. The number of hydrogen-bond donors (Lipinski definition) is 3. The highest BCUT2D eigenvalue weighted by Gasteiger charge is 2.28. The van der Waals surface area contributed by atoms with Crippen molar-refractivity contribution in [1.29, 1.82) is 0 Å². The van der Waals surface area contributed by atoms with Gasteiger partial charge in [-0.2, -0.15) is 0 Å². The Morgan fingerprint density at radius 3 is 2.38 bits per heavy atom. The van der Waals surface area contributed by atoms with Crippen molar-refractivity contribution in [3.8, 4) is 11.5 Å². The standard InChI is InChI=1S/C21H17BrFN3O6/c1-2-31-16-9-11(7-14-19(28)25-21(30)26-20(14)29)8-15(22)18(16)32-10-17(27)24-13-5-3-12(23)4-6-13/h3-9H,2,10H2,1H3,(H,24,27)(H2,25,26,28,29,30). The Balaban J connectivity index is 1.78. The molecule has 166 valence electrons. The number of carbonyl (C=O) groups is 4. The van der Waals surface area contributed by atoms with Gasteiger partial charge < -0.3 is 14.8 Å². The van der Waals surface area contributed by atoms with Gasteiger partial charge in [-0.15, -0.1) is 0 Å². The molecule has 0 unspecified atom stereocenters. The molecule has 32 heavy (non-hydrogen) atoms. The number of hydrogen-bond acceptors (Lipinski definition) is 6. The Kier molecular flexibility index (Phi) is 7.21. The summed E-state index contributed by atoms with van der Waals surface area (Å²) in [5.41, 5.74) is 0.568. The number of urea groups is 1. The molecule has 2 aromatic rings. The van der Waals surface area contributed by atoms with Crippen molar-refractivity contribution >= 4 is 51.4 Å². The van der Waals surface area contributed by atoms with E-state index in [4.69, 9.17) is 9.47 Å². The van der Waals surface area contributed by atoms with Gasteiger partial charge in [0.2, 0.25) is 0 Å². The highest BCUT2D eigenvalue weighted by atomic mass is 79.9. The molecule has 0 atom stereocenters. The SMILES string of the molecule is CCOc1cc(C=C2C(=O)NC(=O)NC2=O)cc(Br)c1OCC(=O)Nc1ccc(F)cc1. The van der Waals surface area contributed by atoms with Crippen molar-refractivity contribution in [1.82, 2.24) is 10.6 Å². The maximum absolute atomic E-state index is 13.0. The van der Waals surface area contributed by atoms with Gasteiger partial charge in [0.15, 0.2) is 18.1 Å². The first-order chi connectivity index (χ1) is 15.3. The summed E-state index contributed by atoms with van der Waals surface area (Å²) in [6.45, 7) is 1.67. The van der Waals surface area contributed by atoms with Crippen LogP contribution in [0.3, 0.4) is 0 Å². The molecule has 0 spiro atoms. The fraction of sp³-hybridized carbons (Fsp3) is 0.143. The average molecular weight is 506 g/mol. The van der Waals surface area contributed by atoms with Crippen LogP contribution in [0.15, 0.2) is 46.4 Å². The molecule has 0 aromatic heterocycles. The fourth-order valence-electron chi connectivity index (χ4n) is 2.72. The van der Waals surface area contributed by atoms with Crippen molar-refractivity contribution in [2.75, 3.05) is 18.5 Å². The van der Waals surface area contributed by atoms with Crippen LogP contribution >= 0.6 is 15.9 Å². The van der Waals surface area contributed by atoms with Crippen LogP contribution in [0.4, 0.5) is 14.9 Å². The van der Waals surface area contributed by atoms with Gasteiger partial charge in [0.1, 0.15) is 11.4 Å². The number of rotatable bonds is 7. The first-order valence-corrected chi connectivity index (χ1v) is 10.1. The van der Waals surface area contributed by atoms with Crippen molar-refractivity contribution in [3.63, 3.8) is 0 Å². The largest absolute Gasteiger partial charge is 0.490 e. The van der Waals surface area contributed by atoms with E-state index in [1.54, 1.807) is 13.0 Å². The lowest BCUT2D eigenvalue weighted by Crippen LogP contribution is -2.51. The second-order valence-electron chi connectivity index (χ2n) is 6.40. The topological polar surface area (TPSA) is 123 Å². The van der Waals surface area contributed by atoms with Crippen molar-refractivity contribution in [2.45, 2.75) is 6.92 Å².